The number of ketones is 1. The van der Waals surface area contributed by atoms with E-state index in [0.717, 1.165) is 0 Å². The van der Waals surface area contributed by atoms with Crippen LogP contribution in [0.5, 0.6) is 0 Å². The standard InChI is InChI=1S/C26H23N3O5/c1-16(2)34-21(30)14-17-5-7-20(8-6-17)29-23(19-4-3-11-28-15-19)22(25(32)26(29)33)24(31)18-9-12-27-13-10-18/h3-13,15-16,23,31H,14H2,1-2H3/b24-22-. The molecule has 1 saturated heterocycles. The summed E-state index contributed by atoms with van der Waals surface area (Å²) in [4.78, 5) is 47.6. The van der Waals surface area contributed by atoms with E-state index in [1.807, 2.05) is 0 Å². The van der Waals surface area contributed by atoms with Crippen molar-refractivity contribution in [2.24, 2.45) is 0 Å². The van der Waals surface area contributed by atoms with Crippen LogP contribution in [-0.4, -0.2) is 38.8 Å². The molecule has 1 N–H and O–H groups in total. The second-order valence-electron chi connectivity index (χ2n) is 8.07. The molecule has 3 heterocycles. The summed E-state index contributed by atoms with van der Waals surface area (Å²) in [6.07, 6.45) is 6.01. The fourth-order valence-electron chi connectivity index (χ4n) is 3.86. The summed E-state index contributed by atoms with van der Waals surface area (Å²) in [7, 11) is 0. The zero-order valence-corrected chi connectivity index (χ0v) is 18.7. The fourth-order valence-corrected chi connectivity index (χ4v) is 3.86. The third-order valence-electron chi connectivity index (χ3n) is 5.33. The molecule has 0 radical (unpaired) electrons. The van der Waals surface area contributed by atoms with Crippen molar-refractivity contribution in [1.82, 2.24) is 9.97 Å². The van der Waals surface area contributed by atoms with Crippen LogP contribution in [0.15, 0.2) is 78.9 Å². The van der Waals surface area contributed by atoms with Crippen LogP contribution in [0, 0.1) is 0 Å². The van der Waals surface area contributed by atoms with Gasteiger partial charge in [-0.25, -0.2) is 0 Å². The second kappa shape index (κ2) is 9.66. The predicted molar refractivity (Wildman–Crippen MR) is 125 cm³/mol. The summed E-state index contributed by atoms with van der Waals surface area (Å²) in [5, 5.41) is 11.0. The molecule has 1 unspecified atom stereocenters. The third kappa shape index (κ3) is 4.56. The summed E-state index contributed by atoms with van der Waals surface area (Å²) in [6.45, 7) is 3.56. The van der Waals surface area contributed by atoms with Gasteiger partial charge in [-0.15, -0.1) is 0 Å². The minimum atomic E-state index is -0.876. The smallest absolute Gasteiger partial charge is 0.310 e. The van der Waals surface area contributed by atoms with Gasteiger partial charge in [-0.05, 0) is 55.3 Å². The number of aliphatic hydroxyl groups excluding tert-OH is 1. The molecule has 0 saturated carbocycles. The number of carbonyl (C=O) groups is 3. The monoisotopic (exact) mass is 457 g/mol. The van der Waals surface area contributed by atoms with Crippen molar-refractivity contribution in [3.63, 3.8) is 0 Å². The molecule has 172 valence electrons. The molecule has 8 heteroatoms. The number of esters is 1. The van der Waals surface area contributed by atoms with Crippen LogP contribution in [0.3, 0.4) is 0 Å². The van der Waals surface area contributed by atoms with Crippen LogP contribution in [-0.2, 0) is 25.5 Å². The SMILES string of the molecule is CC(C)OC(=O)Cc1ccc(N2C(=O)C(=O)/C(=C(\O)c3ccncc3)C2c2cccnc2)cc1. The highest BCUT2D eigenvalue weighted by Gasteiger charge is 2.47. The number of carbonyl (C=O) groups excluding carboxylic acids is 3. The van der Waals surface area contributed by atoms with E-state index >= 15 is 0 Å². The maximum absolute atomic E-state index is 13.1. The van der Waals surface area contributed by atoms with Crippen molar-refractivity contribution in [2.45, 2.75) is 32.4 Å². The third-order valence-corrected chi connectivity index (χ3v) is 5.33. The number of Topliss-reactive ketones (excluding diaryl/α,β-unsaturated/α-hetero) is 1. The molecule has 1 atom stereocenters. The lowest BCUT2D eigenvalue weighted by Gasteiger charge is -2.25. The average molecular weight is 457 g/mol. The van der Waals surface area contributed by atoms with Gasteiger partial charge in [-0.1, -0.05) is 18.2 Å². The minimum absolute atomic E-state index is 0.0335. The van der Waals surface area contributed by atoms with Crippen LogP contribution in [0.2, 0.25) is 0 Å². The first-order valence-corrected chi connectivity index (χ1v) is 10.8. The highest BCUT2D eigenvalue weighted by molar-refractivity contribution is 6.51. The molecule has 2 aromatic heterocycles. The van der Waals surface area contributed by atoms with E-state index in [0.29, 0.717) is 22.4 Å². The lowest BCUT2D eigenvalue weighted by Crippen LogP contribution is -2.29. The van der Waals surface area contributed by atoms with Gasteiger partial charge in [0.25, 0.3) is 11.7 Å². The predicted octanol–water partition coefficient (Wildman–Crippen LogP) is 3.60. The number of aliphatic hydroxyl groups is 1. The Morgan fingerprint density at radius 3 is 2.35 bits per heavy atom. The zero-order chi connectivity index (χ0) is 24.2. The quantitative estimate of drug-likeness (QED) is 0.261. The van der Waals surface area contributed by atoms with Gasteiger partial charge in [-0.3, -0.25) is 29.3 Å². The molecule has 1 aromatic carbocycles. The molecule has 8 nitrogen and oxygen atoms in total. The van der Waals surface area contributed by atoms with Crippen LogP contribution in [0.1, 0.15) is 36.6 Å². The zero-order valence-electron chi connectivity index (χ0n) is 18.7. The summed E-state index contributed by atoms with van der Waals surface area (Å²) in [5.74, 6) is -2.20. The van der Waals surface area contributed by atoms with Gasteiger partial charge in [0.1, 0.15) is 5.76 Å². The maximum Gasteiger partial charge on any atom is 0.310 e. The Labute approximate surface area is 196 Å². The summed E-state index contributed by atoms with van der Waals surface area (Å²) in [5.41, 5.74) is 2.07. The maximum atomic E-state index is 13.1. The number of hydrogen-bond acceptors (Lipinski definition) is 7. The van der Waals surface area contributed by atoms with E-state index in [-0.39, 0.29) is 29.8 Å². The number of rotatable bonds is 6. The number of benzene rings is 1. The number of ether oxygens (including phenoxy) is 1. The normalized spacial score (nSPS) is 17.3. The van der Waals surface area contributed by atoms with E-state index in [2.05, 4.69) is 9.97 Å². The van der Waals surface area contributed by atoms with Crippen LogP contribution < -0.4 is 4.90 Å². The number of anilines is 1. The number of aromatic nitrogens is 2. The average Bonchev–Trinajstić information content (AvgIpc) is 3.10. The van der Waals surface area contributed by atoms with Gasteiger partial charge in [0.05, 0.1) is 24.1 Å². The first kappa shape index (κ1) is 22.8. The highest BCUT2D eigenvalue weighted by Crippen LogP contribution is 2.41. The van der Waals surface area contributed by atoms with E-state index in [1.54, 1.807) is 74.8 Å². The first-order chi connectivity index (χ1) is 16.4. The first-order valence-electron chi connectivity index (χ1n) is 10.8. The molecule has 34 heavy (non-hydrogen) atoms. The van der Waals surface area contributed by atoms with Crippen molar-refractivity contribution in [2.75, 3.05) is 4.90 Å². The number of hydrogen-bond donors (Lipinski definition) is 1. The molecule has 0 spiro atoms. The Morgan fingerprint density at radius 1 is 1.03 bits per heavy atom. The summed E-state index contributed by atoms with van der Waals surface area (Å²) >= 11 is 0. The van der Waals surface area contributed by atoms with Gasteiger partial charge < -0.3 is 9.84 Å². The van der Waals surface area contributed by atoms with E-state index in [4.69, 9.17) is 4.74 Å². The number of pyridine rings is 2. The Kier molecular flexibility index (Phi) is 6.49. The van der Waals surface area contributed by atoms with Gasteiger partial charge in [0, 0.05) is 36.0 Å². The van der Waals surface area contributed by atoms with Crippen LogP contribution >= 0.6 is 0 Å². The van der Waals surface area contributed by atoms with Crippen molar-refractivity contribution in [1.29, 1.82) is 0 Å². The van der Waals surface area contributed by atoms with Gasteiger partial charge >= 0.3 is 5.97 Å². The molecule has 1 fully saturated rings. The number of amides is 1. The molecular formula is C26H23N3O5. The van der Waals surface area contributed by atoms with Gasteiger partial charge in [0.15, 0.2) is 0 Å². The lowest BCUT2D eigenvalue weighted by atomic mass is 9.96. The van der Waals surface area contributed by atoms with Gasteiger partial charge in [-0.2, -0.15) is 0 Å². The van der Waals surface area contributed by atoms with Gasteiger partial charge in [0.2, 0.25) is 0 Å². The van der Waals surface area contributed by atoms with Crippen molar-refractivity contribution < 1.29 is 24.2 Å². The van der Waals surface area contributed by atoms with E-state index < -0.39 is 17.7 Å². The Balaban J connectivity index is 1.75. The Hall–Kier alpha value is -4.33. The fraction of sp³-hybridized carbons (Fsp3) is 0.192. The molecular weight excluding hydrogens is 434 g/mol. The van der Waals surface area contributed by atoms with Crippen molar-refractivity contribution >= 4 is 29.1 Å². The largest absolute Gasteiger partial charge is 0.507 e. The summed E-state index contributed by atoms with van der Waals surface area (Å²) in [6, 6.07) is 12.4. The van der Waals surface area contributed by atoms with Crippen molar-refractivity contribution in [3.8, 4) is 0 Å². The Bertz CT molecular complexity index is 1240. The highest BCUT2D eigenvalue weighted by atomic mass is 16.5. The minimum Gasteiger partial charge on any atom is -0.507 e. The van der Waals surface area contributed by atoms with E-state index in [1.165, 1.54) is 17.3 Å². The molecule has 1 aliphatic heterocycles. The molecule has 3 aromatic rings. The molecule has 0 bridgehead atoms. The lowest BCUT2D eigenvalue weighted by molar-refractivity contribution is -0.146. The van der Waals surface area contributed by atoms with Crippen LogP contribution in [0.25, 0.3) is 5.76 Å². The van der Waals surface area contributed by atoms with Crippen LogP contribution in [0.4, 0.5) is 5.69 Å². The second-order valence-corrected chi connectivity index (χ2v) is 8.07. The van der Waals surface area contributed by atoms with Crippen molar-refractivity contribution in [3.05, 3.63) is 95.6 Å². The number of nitrogens with zero attached hydrogens (tertiary/aromatic N) is 3. The Morgan fingerprint density at radius 2 is 1.74 bits per heavy atom. The molecule has 4 rings (SSSR count). The van der Waals surface area contributed by atoms with E-state index in [9.17, 15) is 19.5 Å². The topological polar surface area (TPSA) is 110 Å². The summed E-state index contributed by atoms with van der Waals surface area (Å²) < 4.78 is 5.18. The molecule has 1 aliphatic rings. The molecule has 0 aliphatic carbocycles. The molecule has 1 amide bonds.